The zero-order valence-electron chi connectivity index (χ0n) is 7.08. The predicted molar refractivity (Wildman–Crippen MR) is 56.1 cm³/mol. The minimum absolute atomic E-state index is 0.164. The molecule has 1 aromatic rings. The summed E-state index contributed by atoms with van der Waals surface area (Å²) in [6, 6.07) is 2.70. The molecule has 14 heavy (non-hydrogen) atoms. The minimum Gasteiger partial charge on any atom is -0.481 e. The number of pyridine rings is 1. The fourth-order valence-corrected chi connectivity index (χ4v) is 1.70. The van der Waals surface area contributed by atoms with Crippen molar-refractivity contribution in [1.82, 2.24) is 4.98 Å². The van der Waals surface area contributed by atoms with Gasteiger partial charge in [-0.05, 0) is 22.0 Å². The monoisotopic (exact) mass is 278 g/mol. The van der Waals surface area contributed by atoms with Gasteiger partial charge in [-0.2, -0.15) is 0 Å². The van der Waals surface area contributed by atoms with Crippen LogP contribution in [0.3, 0.4) is 0 Å². The van der Waals surface area contributed by atoms with Crippen LogP contribution in [-0.4, -0.2) is 16.1 Å². The summed E-state index contributed by atoms with van der Waals surface area (Å²) in [4.78, 5) is 14.3. The van der Waals surface area contributed by atoms with Crippen molar-refractivity contribution in [1.29, 1.82) is 0 Å². The van der Waals surface area contributed by atoms with E-state index < -0.39 is 12.0 Å². The van der Waals surface area contributed by atoms with Crippen LogP contribution in [0, 0.1) is 0 Å². The zero-order valence-corrected chi connectivity index (χ0v) is 9.42. The van der Waals surface area contributed by atoms with Crippen molar-refractivity contribution < 1.29 is 9.90 Å². The zero-order chi connectivity index (χ0) is 10.7. The van der Waals surface area contributed by atoms with Crippen LogP contribution < -0.4 is 5.73 Å². The Bertz CT molecular complexity index is 359. The molecule has 6 heteroatoms. The molecule has 0 aliphatic heterocycles. The maximum absolute atomic E-state index is 10.4. The van der Waals surface area contributed by atoms with Crippen LogP contribution >= 0.6 is 27.5 Å². The second-order valence-corrected chi connectivity index (χ2v) is 3.89. The standard InChI is InChI=1S/C8H8BrClN2O2/c9-6-2-1-4(8(10)12-6)5(11)3-7(13)14/h1-2,5H,3,11H2,(H,13,14)/t5-/m0/s1. The lowest BCUT2D eigenvalue weighted by molar-refractivity contribution is -0.137. The number of carboxylic acid groups (broad SMARTS) is 1. The topological polar surface area (TPSA) is 76.2 Å². The number of aliphatic carboxylic acids is 1. The predicted octanol–water partition coefficient (Wildman–Crippen LogP) is 1.97. The lowest BCUT2D eigenvalue weighted by atomic mass is 10.1. The normalized spacial score (nSPS) is 12.5. The van der Waals surface area contributed by atoms with E-state index in [0.29, 0.717) is 10.2 Å². The molecule has 76 valence electrons. The molecule has 0 saturated carbocycles. The number of carboxylic acids is 1. The van der Waals surface area contributed by atoms with Gasteiger partial charge in [-0.1, -0.05) is 17.7 Å². The Kier molecular flexibility index (Phi) is 3.86. The summed E-state index contributed by atoms with van der Waals surface area (Å²) in [5, 5.41) is 8.77. The Morgan fingerprint density at radius 1 is 1.71 bits per heavy atom. The Morgan fingerprint density at radius 3 is 2.86 bits per heavy atom. The highest BCUT2D eigenvalue weighted by Gasteiger charge is 2.14. The van der Waals surface area contributed by atoms with Crippen LogP contribution in [-0.2, 0) is 4.79 Å². The molecule has 1 atom stereocenters. The fraction of sp³-hybridized carbons (Fsp3) is 0.250. The van der Waals surface area contributed by atoms with Crippen LogP contribution in [0.5, 0.6) is 0 Å². The summed E-state index contributed by atoms with van der Waals surface area (Å²) in [6.07, 6.45) is -0.164. The molecule has 0 fully saturated rings. The molecular weight excluding hydrogens is 271 g/mol. The van der Waals surface area contributed by atoms with Gasteiger partial charge in [0.1, 0.15) is 9.76 Å². The van der Waals surface area contributed by atoms with Crippen LogP contribution in [0.15, 0.2) is 16.7 Å². The molecule has 1 heterocycles. The SMILES string of the molecule is N[C@@H](CC(=O)O)c1ccc(Br)nc1Cl. The summed E-state index contributed by atoms with van der Waals surface area (Å²) < 4.78 is 0.591. The minimum atomic E-state index is -0.962. The Labute approximate surface area is 94.2 Å². The molecule has 0 unspecified atom stereocenters. The van der Waals surface area contributed by atoms with Gasteiger partial charge in [0.05, 0.1) is 6.42 Å². The van der Waals surface area contributed by atoms with E-state index in [-0.39, 0.29) is 11.6 Å². The molecule has 0 aromatic carbocycles. The van der Waals surface area contributed by atoms with Crippen LogP contribution in [0.25, 0.3) is 0 Å². The van der Waals surface area contributed by atoms with Gasteiger partial charge in [-0.15, -0.1) is 0 Å². The number of nitrogens with zero attached hydrogens (tertiary/aromatic N) is 1. The smallest absolute Gasteiger partial charge is 0.305 e. The van der Waals surface area contributed by atoms with Crippen LogP contribution in [0.2, 0.25) is 5.15 Å². The van der Waals surface area contributed by atoms with E-state index in [1.165, 1.54) is 0 Å². The van der Waals surface area contributed by atoms with Crippen molar-refractivity contribution in [2.75, 3.05) is 0 Å². The van der Waals surface area contributed by atoms with E-state index in [0.717, 1.165) is 0 Å². The van der Waals surface area contributed by atoms with E-state index in [1.807, 2.05) is 0 Å². The first-order valence-corrected chi connectivity index (χ1v) is 4.97. The number of rotatable bonds is 3. The number of carbonyl (C=O) groups is 1. The number of hydrogen-bond acceptors (Lipinski definition) is 3. The summed E-state index contributed by atoms with van der Waals surface area (Å²) in [5.41, 5.74) is 6.17. The first-order valence-electron chi connectivity index (χ1n) is 3.80. The Balaban J connectivity index is 2.90. The van der Waals surface area contributed by atoms with Gasteiger partial charge in [-0.25, -0.2) is 4.98 Å². The van der Waals surface area contributed by atoms with E-state index in [4.69, 9.17) is 22.4 Å². The molecule has 1 aromatic heterocycles. The lowest BCUT2D eigenvalue weighted by Gasteiger charge is -2.10. The highest BCUT2D eigenvalue weighted by Crippen LogP contribution is 2.23. The highest BCUT2D eigenvalue weighted by molar-refractivity contribution is 9.10. The van der Waals surface area contributed by atoms with Crippen molar-refractivity contribution in [3.05, 3.63) is 27.5 Å². The largest absolute Gasteiger partial charge is 0.481 e. The second-order valence-electron chi connectivity index (χ2n) is 2.72. The third-order valence-corrected chi connectivity index (χ3v) is 2.38. The average Bonchev–Trinajstić information content (AvgIpc) is 2.01. The molecule has 1 rings (SSSR count). The molecule has 0 aliphatic carbocycles. The molecule has 0 saturated heterocycles. The van der Waals surface area contributed by atoms with Crippen LogP contribution in [0.4, 0.5) is 0 Å². The van der Waals surface area contributed by atoms with Gasteiger partial charge in [0, 0.05) is 11.6 Å². The van der Waals surface area contributed by atoms with E-state index in [9.17, 15) is 4.79 Å². The molecule has 3 N–H and O–H groups in total. The van der Waals surface area contributed by atoms with Crippen molar-refractivity contribution >= 4 is 33.5 Å². The number of halogens is 2. The van der Waals surface area contributed by atoms with Gasteiger partial charge in [0.15, 0.2) is 0 Å². The van der Waals surface area contributed by atoms with Crippen molar-refractivity contribution in [2.45, 2.75) is 12.5 Å². The fourth-order valence-electron chi connectivity index (χ4n) is 0.998. The maximum Gasteiger partial charge on any atom is 0.305 e. The molecule has 4 nitrogen and oxygen atoms in total. The lowest BCUT2D eigenvalue weighted by Crippen LogP contribution is -2.15. The number of nitrogens with two attached hydrogens (primary N) is 1. The molecule has 0 spiro atoms. The third-order valence-electron chi connectivity index (χ3n) is 1.64. The summed E-state index contributed by atoms with van der Waals surface area (Å²) in [7, 11) is 0. The maximum atomic E-state index is 10.4. The van der Waals surface area contributed by atoms with Gasteiger partial charge < -0.3 is 10.8 Å². The van der Waals surface area contributed by atoms with Crippen LogP contribution in [0.1, 0.15) is 18.0 Å². The van der Waals surface area contributed by atoms with Crippen molar-refractivity contribution in [3.8, 4) is 0 Å². The molecular formula is C8H8BrClN2O2. The summed E-state index contributed by atoms with van der Waals surface area (Å²) >= 11 is 8.94. The molecule has 0 aliphatic rings. The highest BCUT2D eigenvalue weighted by atomic mass is 79.9. The molecule has 0 amide bonds. The Morgan fingerprint density at radius 2 is 2.36 bits per heavy atom. The second kappa shape index (κ2) is 4.72. The number of aromatic nitrogens is 1. The Hall–Kier alpha value is -0.650. The molecule has 0 radical (unpaired) electrons. The summed E-state index contributed by atoms with van der Waals surface area (Å²) in [6.45, 7) is 0. The van der Waals surface area contributed by atoms with Gasteiger partial charge in [-0.3, -0.25) is 4.79 Å². The summed E-state index contributed by atoms with van der Waals surface area (Å²) in [5.74, 6) is -0.962. The third kappa shape index (κ3) is 2.94. The quantitative estimate of drug-likeness (QED) is 0.829. The van der Waals surface area contributed by atoms with E-state index in [2.05, 4.69) is 20.9 Å². The average molecular weight is 280 g/mol. The van der Waals surface area contributed by atoms with Crippen molar-refractivity contribution in [3.63, 3.8) is 0 Å². The number of hydrogen-bond donors (Lipinski definition) is 2. The molecule has 0 bridgehead atoms. The van der Waals surface area contributed by atoms with E-state index in [1.54, 1.807) is 12.1 Å². The van der Waals surface area contributed by atoms with Crippen molar-refractivity contribution in [2.24, 2.45) is 5.73 Å². The first kappa shape index (κ1) is 11.4. The van der Waals surface area contributed by atoms with E-state index >= 15 is 0 Å². The van der Waals surface area contributed by atoms with Gasteiger partial charge >= 0.3 is 5.97 Å². The van der Waals surface area contributed by atoms with Gasteiger partial charge in [0.25, 0.3) is 0 Å². The van der Waals surface area contributed by atoms with Gasteiger partial charge in [0.2, 0.25) is 0 Å². The first-order chi connectivity index (χ1) is 6.50.